The zero-order valence-electron chi connectivity index (χ0n) is 11.6. The van der Waals surface area contributed by atoms with Crippen LogP contribution in [0, 0.1) is 5.41 Å². The van der Waals surface area contributed by atoms with E-state index in [0.717, 1.165) is 6.54 Å². The highest BCUT2D eigenvalue weighted by Gasteiger charge is 2.23. The van der Waals surface area contributed by atoms with Gasteiger partial charge in [-0.1, -0.05) is 25.4 Å². The molecule has 5 nitrogen and oxygen atoms in total. The van der Waals surface area contributed by atoms with Crippen molar-refractivity contribution in [1.82, 2.24) is 14.6 Å². The van der Waals surface area contributed by atoms with E-state index >= 15 is 0 Å². The fourth-order valence-electron chi connectivity index (χ4n) is 1.81. The van der Waals surface area contributed by atoms with E-state index in [-0.39, 0.29) is 15.5 Å². The van der Waals surface area contributed by atoms with Crippen molar-refractivity contribution in [3.05, 3.63) is 23.5 Å². The molecule has 1 rings (SSSR count). The fraction of sp³-hybridized carbons (Fsp3) is 0.583. The normalized spacial score (nSPS) is 12.9. The van der Waals surface area contributed by atoms with Crippen molar-refractivity contribution in [3.63, 3.8) is 0 Å². The Hall–Kier alpha value is -0.690. The van der Waals surface area contributed by atoms with Gasteiger partial charge >= 0.3 is 0 Å². The second-order valence-electron chi connectivity index (χ2n) is 5.54. The first-order chi connectivity index (χ1) is 8.62. The molecule has 0 saturated carbocycles. The van der Waals surface area contributed by atoms with Crippen LogP contribution < -0.4 is 4.72 Å². The molecule has 0 saturated heterocycles. The van der Waals surface area contributed by atoms with Crippen molar-refractivity contribution in [2.45, 2.75) is 18.7 Å². The maximum absolute atomic E-state index is 12.1. The molecule has 0 spiro atoms. The van der Waals surface area contributed by atoms with Gasteiger partial charge in [0.15, 0.2) is 0 Å². The van der Waals surface area contributed by atoms with Crippen molar-refractivity contribution in [2.24, 2.45) is 5.41 Å². The summed E-state index contributed by atoms with van der Waals surface area (Å²) in [5.41, 5.74) is -0.156. The van der Waals surface area contributed by atoms with Crippen LogP contribution in [0.5, 0.6) is 0 Å². The van der Waals surface area contributed by atoms with Crippen LogP contribution in [0.3, 0.4) is 0 Å². The molecule has 19 heavy (non-hydrogen) atoms. The van der Waals surface area contributed by atoms with Gasteiger partial charge in [0.25, 0.3) is 0 Å². The summed E-state index contributed by atoms with van der Waals surface area (Å²) in [5, 5.41) is 0.270. The Bertz CT molecular complexity index is 512. The Kier molecular flexibility index (Phi) is 5.32. The van der Waals surface area contributed by atoms with Crippen LogP contribution in [0.4, 0.5) is 0 Å². The Morgan fingerprint density at radius 1 is 1.37 bits per heavy atom. The van der Waals surface area contributed by atoms with E-state index in [9.17, 15) is 8.42 Å². The van der Waals surface area contributed by atoms with E-state index in [0.29, 0.717) is 6.54 Å². The molecule has 1 aromatic heterocycles. The lowest BCUT2D eigenvalue weighted by Crippen LogP contribution is -2.39. The van der Waals surface area contributed by atoms with Gasteiger partial charge in [-0.25, -0.2) is 18.1 Å². The van der Waals surface area contributed by atoms with Gasteiger partial charge in [0, 0.05) is 19.3 Å². The highest BCUT2D eigenvalue weighted by atomic mass is 35.5. The summed E-state index contributed by atoms with van der Waals surface area (Å²) in [4.78, 5) is 5.92. The van der Waals surface area contributed by atoms with Gasteiger partial charge in [-0.2, -0.15) is 0 Å². The Morgan fingerprint density at radius 3 is 2.47 bits per heavy atom. The van der Waals surface area contributed by atoms with Gasteiger partial charge in [0.05, 0.1) is 0 Å². The summed E-state index contributed by atoms with van der Waals surface area (Å²) < 4.78 is 26.7. The van der Waals surface area contributed by atoms with Crippen molar-refractivity contribution < 1.29 is 8.42 Å². The largest absolute Gasteiger partial charge is 0.309 e. The van der Waals surface area contributed by atoms with Crippen LogP contribution in [0.1, 0.15) is 13.8 Å². The molecule has 0 radical (unpaired) electrons. The molecule has 108 valence electrons. The number of sulfonamides is 1. The maximum Gasteiger partial charge on any atom is 0.242 e. The Balaban J connectivity index is 2.73. The molecular formula is C12H20ClN3O2S. The van der Waals surface area contributed by atoms with E-state index in [1.807, 2.05) is 32.8 Å². The Morgan fingerprint density at radius 2 is 2.00 bits per heavy atom. The highest BCUT2D eigenvalue weighted by molar-refractivity contribution is 7.89. The number of pyridine rings is 1. The first kappa shape index (κ1) is 16.4. The average Bonchev–Trinajstić information content (AvgIpc) is 2.26. The second kappa shape index (κ2) is 6.17. The predicted octanol–water partition coefficient (Wildman–Crippen LogP) is 1.60. The van der Waals surface area contributed by atoms with E-state index in [1.165, 1.54) is 18.3 Å². The number of rotatable bonds is 6. The quantitative estimate of drug-likeness (QED) is 0.811. The fourth-order valence-corrected chi connectivity index (χ4v) is 3.10. The van der Waals surface area contributed by atoms with E-state index in [1.54, 1.807) is 0 Å². The lowest BCUT2D eigenvalue weighted by Gasteiger charge is -2.28. The lowest BCUT2D eigenvalue weighted by atomic mass is 9.93. The molecule has 1 heterocycles. The van der Waals surface area contributed by atoms with Crippen molar-refractivity contribution in [1.29, 1.82) is 0 Å². The minimum absolute atomic E-state index is 0.123. The SMILES string of the molecule is CN(C)CC(C)(C)CNS(=O)(=O)c1ccc(Cl)nc1. The molecule has 0 aliphatic carbocycles. The maximum atomic E-state index is 12.1. The molecule has 0 amide bonds. The summed E-state index contributed by atoms with van der Waals surface area (Å²) >= 11 is 5.64. The number of nitrogens with one attached hydrogen (secondary N) is 1. The van der Waals surface area contributed by atoms with Crippen molar-refractivity contribution in [2.75, 3.05) is 27.2 Å². The Labute approximate surface area is 120 Å². The van der Waals surface area contributed by atoms with Crippen LogP contribution in [0.15, 0.2) is 23.2 Å². The first-order valence-electron chi connectivity index (χ1n) is 5.88. The predicted molar refractivity (Wildman–Crippen MR) is 76.8 cm³/mol. The summed E-state index contributed by atoms with van der Waals surface area (Å²) in [7, 11) is 0.380. The molecular weight excluding hydrogens is 286 g/mol. The van der Waals surface area contributed by atoms with Crippen LogP contribution in [0.2, 0.25) is 5.15 Å². The lowest BCUT2D eigenvalue weighted by molar-refractivity contribution is 0.242. The summed E-state index contributed by atoms with van der Waals surface area (Å²) in [6, 6.07) is 2.90. The molecule has 0 aromatic carbocycles. The third-order valence-corrected chi connectivity index (χ3v) is 4.11. The summed E-state index contributed by atoms with van der Waals surface area (Å²) in [6.07, 6.45) is 1.25. The van der Waals surface area contributed by atoms with Crippen LogP contribution in [0.25, 0.3) is 0 Å². The highest BCUT2D eigenvalue weighted by Crippen LogP contribution is 2.16. The number of nitrogens with zero attached hydrogens (tertiary/aromatic N) is 2. The number of hydrogen-bond acceptors (Lipinski definition) is 4. The van der Waals surface area contributed by atoms with Crippen molar-refractivity contribution in [3.8, 4) is 0 Å². The summed E-state index contributed by atoms with van der Waals surface area (Å²) in [6.45, 7) is 5.16. The smallest absolute Gasteiger partial charge is 0.242 e. The molecule has 1 N–H and O–H groups in total. The van der Waals surface area contributed by atoms with Crippen LogP contribution in [-0.2, 0) is 10.0 Å². The van der Waals surface area contributed by atoms with Gasteiger partial charge in [0.2, 0.25) is 10.0 Å². The van der Waals surface area contributed by atoms with E-state index in [4.69, 9.17) is 11.6 Å². The molecule has 0 fully saturated rings. The molecule has 0 bridgehead atoms. The molecule has 1 aromatic rings. The van der Waals surface area contributed by atoms with Gasteiger partial charge in [0.1, 0.15) is 10.0 Å². The molecule has 0 unspecified atom stereocenters. The van der Waals surface area contributed by atoms with Gasteiger partial charge in [-0.05, 0) is 31.6 Å². The number of halogens is 1. The van der Waals surface area contributed by atoms with E-state index < -0.39 is 10.0 Å². The average molecular weight is 306 g/mol. The van der Waals surface area contributed by atoms with Gasteiger partial charge < -0.3 is 4.90 Å². The number of aromatic nitrogens is 1. The minimum atomic E-state index is -3.54. The van der Waals surface area contributed by atoms with Gasteiger partial charge in [-0.3, -0.25) is 0 Å². The van der Waals surface area contributed by atoms with Crippen molar-refractivity contribution >= 4 is 21.6 Å². The molecule has 7 heteroatoms. The van der Waals surface area contributed by atoms with E-state index in [2.05, 4.69) is 9.71 Å². The standard InChI is InChI=1S/C12H20ClN3O2S/c1-12(2,9-16(3)4)8-15-19(17,18)10-5-6-11(13)14-7-10/h5-7,15H,8-9H2,1-4H3. The summed E-state index contributed by atoms with van der Waals surface area (Å²) in [5.74, 6) is 0. The first-order valence-corrected chi connectivity index (χ1v) is 7.74. The molecule has 0 aliphatic heterocycles. The molecule has 0 atom stereocenters. The zero-order chi connectivity index (χ0) is 14.7. The third-order valence-electron chi connectivity index (χ3n) is 2.50. The second-order valence-corrected chi connectivity index (χ2v) is 7.70. The monoisotopic (exact) mass is 305 g/mol. The topological polar surface area (TPSA) is 62.3 Å². The van der Waals surface area contributed by atoms with Crippen LogP contribution >= 0.6 is 11.6 Å². The minimum Gasteiger partial charge on any atom is -0.309 e. The number of hydrogen-bond donors (Lipinski definition) is 1. The zero-order valence-corrected chi connectivity index (χ0v) is 13.2. The van der Waals surface area contributed by atoms with Gasteiger partial charge in [-0.15, -0.1) is 0 Å². The molecule has 0 aliphatic rings. The third kappa shape index (κ3) is 5.44. The van der Waals surface area contributed by atoms with Crippen LogP contribution in [-0.4, -0.2) is 45.5 Å².